The molecule has 0 aliphatic carbocycles. The third kappa shape index (κ3) is 0.883. The molecule has 4 nitrogen and oxygen atoms in total. The number of hydrogen-bond donors (Lipinski definition) is 1. The summed E-state index contributed by atoms with van der Waals surface area (Å²) in [7, 11) is 0. The van der Waals surface area contributed by atoms with E-state index in [0.29, 0.717) is 0 Å². The number of aromatic amines is 1. The molecule has 0 bridgehead atoms. The minimum absolute atomic E-state index is 0.963. The number of pyridine rings is 1. The van der Waals surface area contributed by atoms with E-state index >= 15 is 0 Å². The normalized spacial score (nSPS) is 11.8. The van der Waals surface area contributed by atoms with Crippen LogP contribution in [0.2, 0.25) is 0 Å². The lowest BCUT2D eigenvalue weighted by atomic mass is 10.3. The van der Waals surface area contributed by atoms with Crippen LogP contribution in [0.15, 0.2) is 42.9 Å². The van der Waals surface area contributed by atoms with E-state index in [1.807, 2.05) is 30.5 Å². The summed E-state index contributed by atoms with van der Waals surface area (Å²) in [5, 5.41) is 0. The highest BCUT2D eigenvalue weighted by Crippen LogP contribution is 2.21. The molecule has 16 heavy (non-hydrogen) atoms. The van der Waals surface area contributed by atoms with Crippen molar-refractivity contribution in [1.29, 1.82) is 0 Å². The lowest BCUT2D eigenvalue weighted by molar-refractivity contribution is 1.23. The number of imidazole rings is 2. The van der Waals surface area contributed by atoms with Gasteiger partial charge >= 0.3 is 0 Å². The molecule has 1 aromatic carbocycles. The first kappa shape index (κ1) is 7.87. The molecule has 4 aromatic rings. The predicted molar refractivity (Wildman–Crippen MR) is 62.3 cm³/mol. The van der Waals surface area contributed by atoms with E-state index in [9.17, 15) is 0 Å². The summed E-state index contributed by atoms with van der Waals surface area (Å²) in [5.41, 5.74) is 5.04. The standard InChI is InChI=1S/C12H8N4/c1-2-4-16-11-6-9-8(13-7-14-9)5-10(11)15-12(16)3-1/h1-7H,(H,13,14). The van der Waals surface area contributed by atoms with E-state index in [-0.39, 0.29) is 0 Å². The van der Waals surface area contributed by atoms with Crippen LogP contribution >= 0.6 is 0 Å². The average molecular weight is 208 g/mol. The quantitative estimate of drug-likeness (QED) is 0.482. The van der Waals surface area contributed by atoms with Gasteiger partial charge in [-0.25, -0.2) is 9.97 Å². The van der Waals surface area contributed by atoms with Gasteiger partial charge in [-0.3, -0.25) is 4.40 Å². The summed E-state index contributed by atoms with van der Waals surface area (Å²) < 4.78 is 2.07. The maximum absolute atomic E-state index is 4.56. The molecule has 0 saturated heterocycles. The van der Waals surface area contributed by atoms with E-state index in [2.05, 4.69) is 25.4 Å². The van der Waals surface area contributed by atoms with Crippen LogP contribution in [0.25, 0.3) is 27.7 Å². The summed E-state index contributed by atoms with van der Waals surface area (Å²) >= 11 is 0. The predicted octanol–water partition coefficient (Wildman–Crippen LogP) is 2.36. The highest BCUT2D eigenvalue weighted by molar-refractivity contribution is 5.93. The van der Waals surface area contributed by atoms with Crippen molar-refractivity contribution in [2.24, 2.45) is 0 Å². The third-order valence-corrected chi connectivity index (χ3v) is 2.85. The van der Waals surface area contributed by atoms with E-state index < -0.39 is 0 Å². The maximum atomic E-state index is 4.56. The van der Waals surface area contributed by atoms with Gasteiger partial charge in [0.15, 0.2) is 0 Å². The monoisotopic (exact) mass is 208 g/mol. The molecular formula is C12H8N4. The minimum atomic E-state index is 0.963. The van der Waals surface area contributed by atoms with Crippen LogP contribution in [0.5, 0.6) is 0 Å². The number of rotatable bonds is 0. The van der Waals surface area contributed by atoms with Crippen molar-refractivity contribution in [3.63, 3.8) is 0 Å². The van der Waals surface area contributed by atoms with Crippen molar-refractivity contribution in [1.82, 2.24) is 19.4 Å². The Balaban J connectivity index is 2.32. The second kappa shape index (κ2) is 2.61. The third-order valence-electron chi connectivity index (χ3n) is 2.85. The van der Waals surface area contributed by atoms with Gasteiger partial charge < -0.3 is 4.98 Å². The van der Waals surface area contributed by atoms with Crippen molar-refractivity contribution in [3.8, 4) is 0 Å². The van der Waals surface area contributed by atoms with Crippen molar-refractivity contribution in [3.05, 3.63) is 42.9 Å². The minimum Gasteiger partial charge on any atom is -0.345 e. The second-order valence-electron chi connectivity index (χ2n) is 3.80. The lowest BCUT2D eigenvalue weighted by Gasteiger charge is -1.93. The number of aromatic nitrogens is 4. The first-order chi connectivity index (χ1) is 7.92. The Morgan fingerprint density at radius 2 is 2.12 bits per heavy atom. The Bertz CT molecular complexity index is 809. The molecule has 4 rings (SSSR count). The lowest BCUT2D eigenvalue weighted by Crippen LogP contribution is -1.81. The molecule has 76 valence electrons. The van der Waals surface area contributed by atoms with Gasteiger partial charge in [-0.2, -0.15) is 0 Å². The van der Waals surface area contributed by atoms with Gasteiger partial charge in [-0.05, 0) is 24.3 Å². The molecule has 0 fully saturated rings. The average Bonchev–Trinajstić information content (AvgIpc) is 2.88. The summed E-state index contributed by atoms with van der Waals surface area (Å²) in [5.74, 6) is 0. The highest BCUT2D eigenvalue weighted by atomic mass is 15.0. The molecule has 0 saturated carbocycles. The first-order valence-corrected chi connectivity index (χ1v) is 5.12. The molecule has 0 radical (unpaired) electrons. The van der Waals surface area contributed by atoms with Crippen molar-refractivity contribution < 1.29 is 0 Å². The zero-order valence-corrected chi connectivity index (χ0v) is 8.38. The van der Waals surface area contributed by atoms with Gasteiger partial charge in [0.2, 0.25) is 0 Å². The smallest absolute Gasteiger partial charge is 0.137 e. The number of hydrogen-bond acceptors (Lipinski definition) is 2. The molecule has 0 amide bonds. The molecule has 1 N–H and O–H groups in total. The summed E-state index contributed by atoms with van der Waals surface area (Å²) in [4.78, 5) is 11.9. The van der Waals surface area contributed by atoms with E-state index in [1.165, 1.54) is 0 Å². The molecular weight excluding hydrogens is 200 g/mol. The van der Waals surface area contributed by atoms with E-state index in [0.717, 1.165) is 27.7 Å². The Morgan fingerprint density at radius 3 is 3.12 bits per heavy atom. The maximum Gasteiger partial charge on any atom is 0.137 e. The largest absolute Gasteiger partial charge is 0.345 e. The molecule has 3 heterocycles. The van der Waals surface area contributed by atoms with Crippen LogP contribution in [-0.2, 0) is 0 Å². The van der Waals surface area contributed by atoms with Gasteiger partial charge in [-0.1, -0.05) is 6.07 Å². The summed E-state index contributed by atoms with van der Waals surface area (Å²) in [6, 6.07) is 10.1. The number of fused-ring (bicyclic) bond motifs is 4. The number of H-pyrrole nitrogens is 1. The second-order valence-corrected chi connectivity index (χ2v) is 3.80. The molecule has 0 aliphatic rings. The van der Waals surface area contributed by atoms with Crippen molar-refractivity contribution >= 4 is 27.7 Å². The van der Waals surface area contributed by atoms with Gasteiger partial charge in [0, 0.05) is 6.20 Å². The van der Waals surface area contributed by atoms with Crippen LogP contribution in [0.4, 0.5) is 0 Å². The van der Waals surface area contributed by atoms with Crippen LogP contribution in [-0.4, -0.2) is 19.4 Å². The zero-order chi connectivity index (χ0) is 10.5. The van der Waals surface area contributed by atoms with Crippen LogP contribution in [0.3, 0.4) is 0 Å². The Hall–Kier alpha value is -2.36. The van der Waals surface area contributed by atoms with Gasteiger partial charge in [0.1, 0.15) is 5.65 Å². The Labute approximate surface area is 90.6 Å². The van der Waals surface area contributed by atoms with Gasteiger partial charge in [-0.15, -0.1) is 0 Å². The van der Waals surface area contributed by atoms with Crippen LogP contribution in [0, 0.1) is 0 Å². The summed E-state index contributed by atoms with van der Waals surface area (Å²) in [6.07, 6.45) is 3.72. The molecule has 0 unspecified atom stereocenters. The van der Waals surface area contributed by atoms with Gasteiger partial charge in [0.05, 0.1) is 28.4 Å². The molecule has 0 atom stereocenters. The number of benzene rings is 1. The molecule has 3 aromatic heterocycles. The van der Waals surface area contributed by atoms with Crippen molar-refractivity contribution in [2.75, 3.05) is 0 Å². The Morgan fingerprint density at radius 1 is 1.12 bits per heavy atom. The Kier molecular flexibility index (Phi) is 1.28. The van der Waals surface area contributed by atoms with Crippen molar-refractivity contribution in [2.45, 2.75) is 0 Å². The molecule has 0 spiro atoms. The van der Waals surface area contributed by atoms with Crippen LogP contribution in [0.1, 0.15) is 0 Å². The molecule has 4 heteroatoms. The van der Waals surface area contributed by atoms with E-state index in [1.54, 1.807) is 6.33 Å². The highest BCUT2D eigenvalue weighted by Gasteiger charge is 2.06. The van der Waals surface area contributed by atoms with E-state index in [4.69, 9.17) is 0 Å². The topological polar surface area (TPSA) is 46.0 Å². The fraction of sp³-hybridized carbons (Fsp3) is 0. The number of nitrogens with one attached hydrogen (secondary N) is 1. The van der Waals surface area contributed by atoms with Gasteiger partial charge in [0.25, 0.3) is 0 Å². The SMILES string of the molecule is c1ccn2c(c1)nc1cc3[nH]cnc3cc12. The fourth-order valence-corrected chi connectivity index (χ4v) is 2.09. The fourth-order valence-electron chi connectivity index (χ4n) is 2.09. The molecule has 0 aliphatic heterocycles. The first-order valence-electron chi connectivity index (χ1n) is 5.12. The zero-order valence-electron chi connectivity index (χ0n) is 8.38. The summed E-state index contributed by atoms with van der Waals surface area (Å²) in [6.45, 7) is 0. The number of nitrogens with zero attached hydrogens (tertiary/aromatic N) is 3. The van der Waals surface area contributed by atoms with Crippen LogP contribution < -0.4 is 0 Å².